The molecule has 5 heteroatoms. The Hall–Kier alpha value is -1.62. The van der Waals surface area contributed by atoms with Crippen molar-refractivity contribution in [2.75, 3.05) is 31.1 Å². The van der Waals surface area contributed by atoms with Crippen LogP contribution in [-0.4, -0.2) is 48.0 Å². The van der Waals surface area contributed by atoms with Gasteiger partial charge in [0.15, 0.2) is 0 Å². The average molecular weight is 332 g/mol. The van der Waals surface area contributed by atoms with Crippen molar-refractivity contribution in [1.29, 1.82) is 0 Å². The third-order valence-corrected chi connectivity index (χ3v) is 4.92. The highest BCUT2D eigenvalue weighted by Gasteiger charge is 2.22. The summed E-state index contributed by atoms with van der Waals surface area (Å²) in [4.78, 5) is 21.8. The van der Waals surface area contributed by atoms with E-state index in [1.54, 1.807) is 0 Å². The van der Waals surface area contributed by atoms with Crippen LogP contribution in [0.15, 0.2) is 18.3 Å². The van der Waals surface area contributed by atoms with Crippen molar-refractivity contribution >= 4 is 11.7 Å². The zero-order valence-electron chi connectivity index (χ0n) is 15.4. The second-order valence-corrected chi connectivity index (χ2v) is 6.40. The molecule has 0 spiro atoms. The number of pyridine rings is 1. The summed E-state index contributed by atoms with van der Waals surface area (Å²) in [6, 6.07) is 3.99. The third-order valence-electron chi connectivity index (χ3n) is 4.92. The van der Waals surface area contributed by atoms with E-state index in [4.69, 9.17) is 0 Å². The van der Waals surface area contributed by atoms with Gasteiger partial charge < -0.3 is 10.2 Å². The van der Waals surface area contributed by atoms with Gasteiger partial charge in [0.2, 0.25) is 5.91 Å². The quantitative estimate of drug-likeness (QED) is 0.795. The standard InChI is InChI=1S/C19H32N4O/c1-4-17(22(5-2)6-3)19(24)21-15-16-11-10-12-20-18(16)23-13-8-7-9-14-23/h10-12,17H,4-9,13-15H2,1-3H3,(H,21,24). The number of carbonyl (C=O) groups is 1. The minimum atomic E-state index is -0.0462. The first-order valence-corrected chi connectivity index (χ1v) is 9.41. The lowest BCUT2D eigenvalue weighted by Gasteiger charge is -2.30. The van der Waals surface area contributed by atoms with Crippen LogP contribution in [0.3, 0.4) is 0 Å². The lowest BCUT2D eigenvalue weighted by molar-refractivity contribution is -0.126. The topological polar surface area (TPSA) is 48.5 Å². The Kier molecular flexibility index (Phi) is 7.50. The molecule has 1 N–H and O–H groups in total. The lowest BCUT2D eigenvalue weighted by atomic mass is 10.1. The van der Waals surface area contributed by atoms with Crippen LogP contribution in [0.2, 0.25) is 0 Å². The van der Waals surface area contributed by atoms with Crippen LogP contribution in [0.1, 0.15) is 52.0 Å². The number of nitrogens with zero attached hydrogens (tertiary/aromatic N) is 3. The van der Waals surface area contributed by atoms with Crippen molar-refractivity contribution in [2.24, 2.45) is 0 Å². The highest BCUT2D eigenvalue weighted by Crippen LogP contribution is 2.21. The Morgan fingerprint density at radius 3 is 2.58 bits per heavy atom. The number of rotatable bonds is 8. The molecule has 1 unspecified atom stereocenters. The van der Waals surface area contributed by atoms with Gasteiger partial charge in [0, 0.05) is 31.4 Å². The molecule has 2 rings (SSSR count). The first-order chi connectivity index (χ1) is 11.7. The number of piperidine rings is 1. The smallest absolute Gasteiger partial charge is 0.237 e. The second-order valence-electron chi connectivity index (χ2n) is 6.40. The largest absolute Gasteiger partial charge is 0.356 e. The van der Waals surface area contributed by atoms with Crippen molar-refractivity contribution in [2.45, 2.75) is 59.0 Å². The maximum absolute atomic E-state index is 12.6. The Morgan fingerprint density at radius 1 is 1.25 bits per heavy atom. The van der Waals surface area contributed by atoms with Gasteiger partial charge in [-0.3, -0.25) is 9.69 Å². The Labute approximate surface area is 146 Å². The molecule has 2 heterocycles. The molecule has 1 aromatic rings. The monoisotopic (exact) mass is 332 g/mol. The van der Waals surface area contributed by atoms with Gasteiger partial charge in [0.25, 0.3) is 0 Å². The molecule has 1 amide bonds. The molecule has 134 valence electrons. The van der Waals surface area contributed by atoms with Gasteiger partial charge in [-0.25, -0.2) is 4.98 Å². The molecule has 0 aliphatic carbocycles. The number of carbonyl (C=O) groups excluding carboxylic acids is 1. The molecule has 1 saturated heterocycles. The van der Waals surface area contributed by atoms with Gasteiger partial charge in [-0.15, -0.1) is 0 Å². The van der Waals surface area contributed by atoms with E-state index in [1.807, 2.05) is 12.3 Å². The van der Waals surface area contributed by atoms with Gasteiger partial charge >= 0.3 is 0 Å². The molecular formula is C19H32N4O. The van der Waals surface area contributed by atoms with Crippen LogP contribution >= 0.6 is 0 Å². The molecule has 0 bridgehead atoms. The van der Waals surface area contributed by atoms with Crippen LogP contribution < -0.4 is 10.2 Å². The van der Waals surface area contributed by atoms with Gasteiger partial charge in [-0.1, -0.05) is 26.8 Å². The molecule has 1 aromatic heterocycles. The SMILES string of the molecule is CCC(C(=O)NCc1cccnc1N1CCCCC1)N(CC)CC. The number of amides is 1. The fourth-order valence-corrected chi connectivity index (χ4v) is 3.53. The van der Waals surface area contributed by atoms with Crippen LogP contribution in [0.4, 0.5) is 5.82 Å². The van der Waals surface area contributed by atoms with Crippen LogP contribution in [0.25, 0.3) is 0 Å². The summed E-state index contributed by atoms with van der Waals surface area (Å²) in [6.07, 6.45) is 6.43. The first kappa shape index (κ1) is 18.7. The maximum Gasteiger partial charge on any atom is 0.237 e. The summed E-state index contributed by atoms with van der Waals surface area (Å²) < 4.78 is 0. The molecule has 0 saturated carbocycles. The third kappa shape index (κ3) is 4.69. The minimum absolute atomic E-state index is 0.0462. The highest BCUT2D eigenvalue weighted by molar-refractivity contribution is 5.81. The van der Waals surface area contributed by atoms with E-state index in [0.717, 1.165) is 44.0 Å². The van der Waals surface area contributed by atoms with Gasteiger partial charge in [-0.05, 0) is 44.8 Å². The minimum Gasteiger partial charge on any atom is -0.356 e. The predicted octanol–water partition coefficient (Wildman–Crippen LogP) is 2.81. The van der Waals surface area contributed by atoms with Crippen molar-refractivity contribution in [3.8, 4) is 0 Å². The van der Waals surface area contributed by atoms with E-state index in [1.165, 1.54) is 19.3 Å². The fourth-order valence-electron chi connectivity index (χ4n) is 3.53. The van der Waals surface area contributed by atoms with Crippen molar-refractivity contribution in [3.05, 3.63) is 23.9 Å². The van der Waals surface area contributed by atoms with E-state index in [0.29, 0.717) is 6.54 Å². The van der Waals surface area contributed by atoms with Crippen LogP contribution in [-0.2, 0) is 11.3 Å². The summed E-state index contributed by atoms with van der Waals surface area (Å²) in [5, 5.41) is 3.13. The van der Waals surface area contributed by atoms with Crippen molar-refractivity contribution < 1.29 is 4.79 Å². The molecule has 1 aliphatic rings. The number of hydrogen-bond donors (Lipinski definition) is 1. The summed E-state index contributed by atoms with van der Waals surface area (Å²) in [5.41, 5.74) is 1.11. The van der Waals surface area contributed by atoms with Gasteiger partial charge in [-0.2, -0.15) is 0 Å². The molecule has 0 aromatic carbocycles. The van der Waals surface area contributed by atoms with Crippen molar-refractivity contribution in [1.82, 2.24) is 15.2 Å². The zero-order valence-corrected chi connectivity index (χ0v) is 15.4. The summed E-state index contributed by atoms with van der Waals surface area (Å²) in [5.74, 6) is 1.16. The Morgan fingerprint density at radius 2 is 1.96 bits per heavy atom. The normalized spacial score (nSPS) is 16.2. The van der Waals surface area contributed by atoms with Gasteiger partial charge in [0.05, 0.1) is 6.04 Å². The van der Waals surface area contributed by atoms with E-state index in [-0.39, 0.29) is 11.9 Å². The van der Waals surface area contributed by atoms with E-state index in [9.17, 15) is 4.79 Å². The van der Waals surface area contributed by atoms with E-state index in [2.05, 4.69) is 46.9 Å². The molecule has 1 atom stereocenters. The maximum atomic E-state index is 12.6. The molecule has 0 radical (unpaired) electrons. The van der Waals surface area contributed by atoms with Crippen molar-refractivity contribution in [3.63, 3.8) is 0 Å². The molecular weight excluding hydrogens is 300 g/mol. The Bertz CT molecular complexity index is 510. The molecule has 1 aliphatic heterocycles. The predicted molar refractivity (Wildman–Crippen MR) is 99.1 cm³/mol. The fraction of sp³-hybridized carbons (Fsp3) is 0.684. The molecule has 24 heavy (non-hydrogen) atoms. The number of likely N-dealkylation sites (N-methyl/N-ethyl adjacent to an activating group) is 1. The molecule has 1 fully saturated rings. The summed E-state index contributed by atoms with van der Waals surface area (Å²) >= 11 is 0. The Balaban J connectivity index is 2.02. The van der Waals surface area contributed by atoms with Gasteiger partial charge in [0.1, 0.15) is 5.82 Å². The number of nitrogens with one attached hydrogen (secondary N) is 1. The number of aromatic nitrogens is 1. The number of hydrogen-bond acceptors (Lipinski definition) is 4. The lowest BCUT2D eigenvalue weighted by Crippen LogP contribution is -2.46. The molecule has 5 nitrogen and oxygen atoms in total. The second kappa shape index (κ2) is 9.62. The zero-order chi connectivity index (χ0) is 17.4. The summed E-state index contributed by atoms with van der Waals surface area (Å²) in [6.45, 7) is 10.8. The highest BCUT2D eigenvalue weighted by atomic mass is 16.2. The van der Waals surface area contributed by atoms with E-state index < -0.39 is 0 Å². The van der Waals surface area contributed by atoms with Crippen LogP contribution in [0, 0.1) is 0 Å². The average Bonchev–Trinajstić information content (AvgIpc) is 2.65. The first-order valence-electron chi connectivity index (χ1n) is 9.41. The summed E-state index contributed by atoms with van der Waals surface area (Å²) in [7, 11) is 0. The number of anilines is 1. The van der Waals surface area contributed by atoms with E-state index >= 15 is 0 Å². The van der Waals surface area contributed by atoms with Crippen LogP contribution in [0.5, 0.6) is 0 Å².